The monoisotopic (exact) mass is 1340 g/mol. The van der Waals surface area contributed by atoms with Crippen LogP contribution in [0.4, 0.5) is 0 Å². The third-order valence-electron chi connectivity index (χ3n) is 16.7. The Morgan fingerprint density at radius 3 is 0.747 bits per heavy atom. The fourth-order valence-corrected chi connectivity index (χ4v) is 12.5. The van der Waals surface area contributed by atoms with Crippen molar-refractivity contribution in [3.63, 3.8) is 0 Å². The highest BCUT2D eigenvalue weighted by molar-refractivity contribution is 7.47. The highest BCUT2D eigenvalue weighted by Crippen LogP contribution is 2.45. The summed E-state index contributed by atoms with van der Waals surface area (Å²) in [6.07, 6.45) is 50.0. The van der Waals surface area contributed by atoms with Gasteiger partial charge in [-0.15, -0.1) is 0 Å². The number of esters is 4. The molecular weight excluding hydrogens is 1200 g/mol. The van der Waals surface area contributed by atoms with Crippen LogP contribution in [0.1, 0.15) is 369 Å². The van der Waals surface area contributed by atoms with Crippen LogP contribution < -0.4 is 0 Å². The molecule has 0 rings (SSSR count). The first-order valence-electron chi connectivity index (χ1n) is 37.5. The summed E-state index contributed by atoms with van der Waals surface area (Å²) < 4.78 is 68.3. The van der Waals surface area contributed by atoms with Gasteiger partial charge in [0.1, 0.15) is 19.3 Å². The van der Waals surface area contributed by atoms with Crippen LogP contribution in [-0.2, 0) is 65.4 Å². The van der Waals surface area contributed by atoms with Gasteiger partial charge in [0.05, 0.1) is 26.4 Å². The lowest BCUT2D eigenvalue weighted by atomic mass is 10.0. The van der Waals surface area contributed by atoms with E-state index in [-0.39, 0.29) is 25.7 Å². The van der Waals surface area contributed by atoms with Gasteiger partial charge in [-0.1, -0.05) is 318 Å². The van der Waals surface area contributed by atoms with Crippen molar-refractivity contribution in [3.05, 3.63) is 0 Å². The van der Waals surface area contributed by atoms with Gasteiger partial charge in [-0.05, 0) is 37.5 Å². The average Bonchev–Trinajstić information content (AvgIpc) is 3.47. The summed E-state index contributed by atoms with van der Waals surface area (Å²) in [6, 6.07) is 0. The molecule has 0 aliphatic carbocycles. The molecule has 3 N–H and O–H groups in total. The van der Waals surface area contributed by atoms with E-state index in [1.165, 1.54) is 180 Å². The van der Waals surface area contributed by atoms with Gasteiger partial charge in [0.2, 0.25) is 0 Å². The van der Waals surface area contributed by atoms with Gasteiger partial charge in [-0.25, -0.2) is 9.13 Å². The Labute approximate surface area is 556 Å². The maximum Gasteiger partial charge on any atom is 0.472 e. The van der Waals surface area contributed by atoms with Crippen LogP contribution in [0, 0.1) is 11.8 Å². The van der Waals surface area contributed by atoms with Gasteiger partial charge in [0, 0.05) is 25.7 Å². The van der Waals surface area contributed by atoms with E-state index < -0.39 is 97.5 Å². The van der Waals surface area contributed by atoms with Gasteiger partial charge in [-0.3, -0.25) is 37.3 Å². The number of unbranched alkanes of at least 4 members (excludes halogenated alkanes) is 41. The fourth-order valence-electron chi connectivity index (χ4n) is 10.9. The summed E-state index contributed by atoms with van der Waals surface area (Å²) in [5.41, 5.74) is 0. The molecule has 19 heteroatoms. The molecule has 0 spiro atoms. The van der Waals surface area contributed by atoms with Crippen molar-refractivity contribution in [1.82, 2.24) is 0 Å². The first kappa shape index (κ1) is 89.1. The highest BCUT2D eigenvalue weighted by atomic mass is 31.2. The Morgan fingerprint density at radius 1 is 0.297 bits per heavy atom. The van der Waals surface area contributed by atoms with Gasteiger partial charge in [0.25, 0.3) is 0 Å². The number of carbonyl (C=O) groups is 4. The fraction of sp³-hybridized carbons (Fsp3) is 0.944. The Morgan fingerprint density at radius 2 is 0.505 bits per heavy atom. The Hall–Kier alpha value is -1.94. The lowest BCUT2D eigenvalue weighted by molar-refractivity contribution is -0.161. The molecule has 0 aromatic carbocycles. The smallest absolute Gasteiger partial charge is 0.462 e. The Balaban J connectivity index is 5.22. The number of hydrogen-bond acceptors (Lipinski definition) is 15. The van der Waals surface area contributed by atoms with Crippen molar-refractivity contribution >= 4 is 39.5 Å². The summed E-state index contributed by atoms with van der Waals surface area (Å²) in [4.78, 5) is 72.6. The second-order valence-electron chi connectivity index (χ2n) is 26.9. The van der Waals surface area contributed by atoms with Crippen LogP contribution >= 0.6 is 15.6 Å². The second kappa shape index (κ2) is 64.1. The third kappa shape index (κ3) is 66.5. The molecule has 0 heterocycles. The maximum absolute atomic E-state index is 13.0. The van der Waals surface area contributed by atoms with E-state index in [0.717, 1.165) is 108 Å². The maximum atomic E-state index is 13.0. The molecule has 5 atom stereocenters. The largest absolute Gasteiger partial charge is 0.472 e. The first-order valence-corrected chi connectivity index (χ1v) is 40.5. The summed E-state index contributed by atoms with van der Waals surface area (Å²) in [6.45, 7) is 9.53. The van der Waals surface area contributed by atoms with Crippen molar-refractivity contribution < 1.29 is 80.2 Å². The number of ether oxygens (including phenoxy) is 4. The van der Waals surface area contributed by atoms with Crippen molar-refractivity contribution in [2.24, 2.45) is 11.8 Å². The topological polar surface area (TPSA) is 237 Å². The van der Waals surface area contributed by atoms with Gasteiger partial charge in [-0.2, -0.15) is 0 Å². The van der Waals surface area contributed by atoms with Gasteiger partial charge in [0.15, 0.2) is 12.2 Å². The van der Waals surface area contributed by atoms with Crippen molar-refractivity contribution in [2.75, 3.05) is 39.6 Å². The molecular formula is C72H140O17P2. The van der Waals surface area contributed by atoms with E-state index >= 15 is 0 Å². The minimum atomic E-state index is -4.95. The molecule has 0 radical (unpaired) electrons. The Kier molecular flexibility index (Phi) is 62.7. The molecule has 0 aliphatic heterocycles. The molecule has 0 fully saturated rings. The van der Waals surface area contributed by atoms with Gasteiger partial charge < -0.3 is 33.8 Å². The lowest BCUT2D eigenvalue weighted by Crippen LogP contribution is -2.30. The number of phosphoric ester groups is 2. The van der Waals surface area contributed by atoms with Crippen LogP contribution in [0.2, 0.25) is 0 Å². The second-order valence-corrected chi connectivity index (χ2v) is 29.8. The van der Waals surface area contributed by atoms with Crippen LogP contribution in [0.5, 0.6) is 0 Å². The minimum Gasteiger partial charge on any atom is -0.462 e. The number of aliphatic hydroxyl groups is 1. The molecule has 0 bridgehead atoms. The number of carbonyl (C=O) groups excluding carboxylic acids is 4. The van der Waals surface area contributed by atoms with E-state index in [0.29, 0.717) is 25.7 Å². The van der Waals surface area contributed by atoms with Gasteiger partial charge >= 0.3 is 39.5 Å². The van der Waals surface area contributed by atoms with Crippen molar-refractivity contribution in [3.8, 4) is 0 Å². The molecule has 540 valence electrons. The van der Waals surface area contributed by atoms with E-state index in [1.807, 2.05) is 0 Å². The zero-order chi connectivity index (χ0) is 67.2. The zero-order valence-corrected chi connectivity index (χ0v) is 60.9. The van der Waals surface area contributed by atoms with Crippen molar-refractivity contribution in [2.45, 2.75) is 387 Å². The third-order valence-corrected chi connectivity index (χ3v) is 18.6. The number of hydrogen-bond donors (Lipinski definition) is 3. The molecule has 0 aromatic heterocycles. The standard InChI is InChI=1S/C72H140O17P2/c1-7-9-11-13-15-17-18-19-20-21-22-23-24-32-38-44-50-56-71(76)89-68(61-83-70(75)55-49-43-37-31-27-25-29-34-40-46-52-64(3)4)63-87-91(80,81)85-59-66(73)58-84-90(78,79)86-62-67(60-82-69(74)54-48-42-36-16-14-12-10-8-2)88-72(77)57-51-45-39-33-28-26-30-35-41-47-53-65(5)6/h64-68,73H,7-63H2,1-6H3,(H,78,79)(H,80,81)/t66-,67+,68+/m0/s1. The van der Waals surface area contributed by atoms with Crippen LogP contribution in [0.3, 0.4) is 0 Å². The number of rotatable bonds is 71. The first-order chi connectivity index (χ1) is 43.9. The van der Waals surface area contributed by atoms with Crippen molar-refractivity contribution in [1.29, 1.82) is 0 Å². The van der Waals surface area contributed by atoms with E-state index in [2.05, 4.69) is 41.5 Å². The molecule has 0 saturated carbocycles. The highest BCUT2D eigenvalue weighted by Gasteiger charge is 2.30. The number of aliphatic hydroxyl groups excluding tert-OH is 1. The summed E-state index contributed by atoms with van der Waals surface area (Å²) in [5, 5.41) is 10.6. The van der Waals surface area contributed by atoms with Crippen LogP contribution in [0.25, 0.3) is 0 Å². The van der Waals surface area contributed by atoms with E-state index in [4.69, 9.17) is 37.0 Å². The van der Waals surface area contributed by atoms with E-state index in [1.54, 1.807) is 0 Å². The average molecular weight is 1340 g/mol. The zero-order valence-electron chi connectivity index (χ0n) is 59.1. The predicted molar refractivity (Wildman–Crippen MR) is 368 cm³/mol. The molecule has 91 heavy (non-hydrogen) atoms. The summed E-state index contributed by atoms with van der Waals surface area (Å²) >= 11 is 0. The minimum absolute atomic E-state index is 0.106. The molecule has 0 amide bonds. The molecule has 0 aliphatic rings. The number of phosphoric acid groups is 2. The molecule has 2 unspecified atom stereocenters. The summed E-state index contributed by atoms with van der Waals surface area (Å²) in [7, 11) is -9.90. The van der Waals surface area contributed by atoms with Crippen LogP contribution in [-0.4, -0.2) is 96.7 Å². The lowest BCUT2D eigenvalue weighted by Gasteiger charge is -2.21. The molecule has 0 saturated heterocycles. The normalized spacial score (nSPS) is 14.1. The van der Waals surface area contributed by atoms with E-state index in [9.17, 15) is 43.2 Å². The quantitative estimate of drug-likeness (QED) is 0.0222. The molecule has 0 aromatic rings. The SMILES string of the molecule is CCCCCCCCCCCCCCCCCCCC(=O)O[C@H](COC(=O)CCCCCCCCCCCCC(C)C)COP(=O)(O)OC[C@@H](O)COP(=O)(O)OC[C@@H](COC(=O)CCCCCCCCCC)OC(=O)CCCCCCCCCCCCC(C)C. The predicted octanol–water partition coefficient (Wildman–Crippen LogP) is 20.8. The summed E-state index contributed by atoms with van der Waals surface area (Å²) in [5.74, 6) is -0.612. The molecule has 17 nitrogen and oxygen atoms in total. The van der Waals surface area contributed by atoms with Crippen LogP contribution in [0.15, 0.2) is 0 Å². The Bertz CT molecular complexity index is 1770.